The summed E-state index contributed by atoms with van der Waals surface area (Å²) >= 11 is 1.19. The molecule has 0 spiro atoms. The molecular formula is C18H12N2OS. The van der Waals surface area contributed by atoms with Crippen molar-refractivity contribution in [3.05, 3.63) is 77.6 Å². The van der Waals surface area contributed by atoms with E-state index < -0.39 is 0 Å². The zero-order valence-electron chi connectivity index (χ0n) is 11.6. The first-order valence-corrected chi connectivity index (χ1v) is 7.69. The number of rotatable bonds is 2. The van der Waals surface area contributed by atoms with Crippen LogP contribution >= 0.6 is 11.6 Å². The Labute approximate surface area is 131 Å². The maximum atomic E-state index is 5.61. The highest BCUT2D eigenvalue weighted by Crippen LogP contribution is 2.23. The van der Waals surface area contributed by atoms with Crippen molar-refractivity contribution in [1.29, 1.82) is 0 Å². The van der Waals surface area contributed by atoms with Gasteiger partial charge in [-0.3, -0.25) is 0 Å². The predicted molar refractivity (Wildman–Crippen MR) is 89.0 cm³/mol. The summed E-state index contributed by atoms with van der Waals surface area (Å²) < 4.78 is 5.61. The Bertz CT molecular complexity index is 986. The van der Waals surface area contributed by atoms with Crippen LogP contribution in [0.25, 0.3) is 22.2 Å². The molecule has 3 nitrogen and oxygen atoms in total. The van der Waals surface area contributed by atoms with Gasteiger partial charge in [0.1, 0.15) is 0 Å². The second-order valence-corrected chi connectivity index (χ2v) is 5.57. The van der Waals surface area contributed by atoms with Gasteiger partial charge in [0.05, 0.1) is 17.3 Å². The van der Waals surface area contributed by atoms with Gasteiger partial charge in [-0.05, 0) is 35.0 Å². The van der Waals surface area contributed by atoms with Crippen LogP contribution < -0.4 is 4.80 Å². The van der Waals surface area contributed by atoms with E-state index in [1.165, 1.54) is 22.4 Å². The lowest BCUT2D eigenvalue weighted by molar-refractivity contribution is 0.690. The zero-order valence-corrected chi connectivity index (χ0v) is 12.5. The number of para-hydroxylation sites is 1. The number of nitrogens with zero attached hydrogens (tertiary/aromatic N) is 2. The Hall–Kier alpha value is -2.72. The molecule has 0 N–H and O–H groups in total. The standard InChI is InChI=1S/C18H12N2OS/c1-2-8-16(9-3-1)19-18-20-17(21-22-18)15-11-10-13-6-4-5-7-14(13)12-15/h1-12H. The Morgan fingerprint density at radius 3 is 2.45 bits per heavy atom. The van der Waals surface area contributed by atoms with Crippen LogP contribution in [0.4, 0.5) is 5.69 Å². The zero-order chi connectivity index (χ0) is 14.8. The van der Waals surface area contributed by atoms with Crippen LogP contribution in [0.5, 0.6) is 0 Å². The van der Waals surface area contributed by atoms with Crippen molar-refractivity contribution in [1.82, 2.24) is 4.98 Å². The van der Waals surface area contributed by atoms with E-state index >= 15 is 0 Å². The molecule has 0 amide bonds. The maximum absolute atomic E-state index is 5.61. The van der Waals surface area contributed by atoms with Crippen LogP contribution in [0.15, 0.2) is 81.6 Å². The Kier molecular flexibility index (Phi) is 3.29. The van der Waals surface area contributed by atoms with Crippen LogP contribution in [-0.4, -0.2) is 4.98 Å². The summed E-state index contributed by atoms with van der Waals surface area (Å²) in [4.78, 5) is 9.55. The van der Waals surface area contributed by atoms with Gasteiger partial charge in [0.2, 0.25) is 10.7 Å². The number of hydrogen-bond acceptors (Lipinski definition) is 4. The summed E-state index contributed by atoms with van der Waals surface area (Å²) in [5, 5.41) is 2.38. The molecule has 4 heteroatoms. The lowest BCUT2D eigenvalue weighted by Gasteiger charge is -1.99. The second kappa shape index (κ2) is 5.58. The molecular weight excluding hydrogens is 292 g/mol. The number of fused-ring (bicyclic) bond motifs is 1. The van der Waals surface area contributed by atoms with Gasteiger partial charge in [-0.25, -0.2) is 4.99 Å². The van der Waals surface area contributed by atoms with Crippen LogP contribution in [0.2, 0.25) is 0 Å². The Morgan fingerprint density at radius 1 is 0.818 bits per heavy atom. The fourth-order valence-corrected chi connectivity index (χ4v) is 2.84. The van der Waals surface area contributed by atoms with Crippen LogP contribution in [0, 0.1) is 0 Å². The van der Waals surface area contributed by atoms with E-state index in [0.29, 0.717) is 10.7 Å². The van der Waals surface area contributed by atoms with Gasteiger partial charge in [-0.15, -0.1) is 0 Å². The second-order valence-electron chi connectivity index (χ2n) is 4.88. The molecule has 0 aliphatic rings. The molecule has 0 radical (unpaired) electrons. The summed E-state index contributed by atoms with van der Waals surface area (Å²) in [5.41, 5.74) is 1.83. The Morgan fingerprint density at radius 2 is 1.59 bits per heavy atom. The summed E-state index contributed by atoms with van der Waals surface area (Å²) in [6.45, 7) is 0. The van der Waals surface area contributed by atoms with E-state index in [9.17, 15) is 0 Å². The SMILES string of the molecule is c1ccc(N=c2nc(-c3ccc4ccccc4c3)os2)cc1. The minimum absolute atomic E-state index is 0.602. The molecule has 3 aromatic carbocycles. The van der Waals surface area contributed by atoms with Gasteiger partial charge in [0, 0.05) is 5.56 Å². The number of hydrogen-bond donors (Lipinski definition) is 0. The van der Waals surface area contributed by atoms with Crippen LogP contribution in [0.3, 0.4) is 0 Å². The molecule has 106 valence electrons. The largest absolute Gasteiger partial charge is 0.377 e. The molecule has 0 aliphatic carbocycles. The lowest BCUT2D eigenvalue weighted by atomic mass is 10.1. The molecule has 0 unspecified atom stereocenters. The van der Waals surface area contributed by atoms with Gasteiger partial charge in [-0.2, -0.15) is 4.98 Å². The number of benzene rings is 3. The molecule has 0 atom stereocenters. The van der Waals surface area contributed by atoms with E-state index in [1.807, 2.05) is 48.5 Å². The average Bonchev–Trinajstić information content (AvgIpc) is 3.04. The highest BCUT2D eigenvalue weighted by Gasteiger charge is 2.06. The first-order chi connectivity index (χ1) is 10.9. The van der Waals surface area contributed by atoms with Gasteiger partial charge in [-0.1, -0.05) is 48.5 Å². The highest BCUT2D eigenvalue weighted by molar-refractivity contribution is 7.00. The third kappa shape index (κ3) is 2.56. The van der Waals surface area contributed by atoms with Gasteiger partial charge in [0.15, 0.2) is 0 Å². The smallest absolute Gasteiger partial charge is 0.248 e. The number of aromatic nitrogens is 1. The topological polar surface area (TPSA) is 38.4 Å². The average molecular weight is 304 g/mol. The molecule has 0 fully saturated rings. The third-order valence-corrected chi connectivity index (χ3v) is 3.94. The first kappa shape index (κ1) is 13.0. The molecule has 1 heterocycles. The molecule has 0 aliphatic heterocycles. The van der Waals surface area contributed by atoms with Crippen molar-refractivity contribution in [2.75, 3.05) is 0 Å². The summed E-state index contributed by atoms with van der Waals surface area (Å²) in [6, 6.07) is 24.2. The fourth-order valence-electron chi connectivity index (χ4n) is 2.29. The molecule has 0 bridgehead atoms. The van der Waals surface area contributed by atoms with Gasteiger partial charge < -0.3 is 3.85 Å². The third-order valence-electron chi connectivity index (χ3n) is 3.37. The summed E-state index contributed by atoms with van der Waals surface area (Å²) in [5.74, 6) is 0.602. The molecule has 1 aromatic heterocycles. The molecule has 4 aromatic rings. The van der Waals surface area contributed by atoms with Crippen molar-refractivity contribution in [3.8, 4) is 11.5 Å². The van der Waals surface area contributed by atoms with Crippen LogP contribution in [-0.2, 0) is 0 Å². The normalized spacial score (nSPS) is 11.9. The van der Waals surface area contributed by atoms with Gasteiger partial charge in [0.25, 0.3) is 0 Å². The first-order valence-electron chi connectivity index (χ1n) is 6.95. The van der Waals surface area contributed by atoms with E-state index in [0.717, 1.165) is 11.3 Å². The van der Waals surface area contributed by atoms with E-state index in [2.05, 4.69) is 34.2 Å². The molecule has 4 rings (SSSR count). The van der Waals surface area contributed by atoms with E-state index in [-0.39, 0.29) is 0 Å². The summed E-state index contributed by atoms with van der Waals surface area (Å²) in [6.07, 6.45) is 0. The fraction of sp³-hybridized carbons (Fsp3) is 0. The highest BCUT2D eigenvalue weighted by atomic mass is 32.1. The van der Waals surface area contributed by atoms with Gasteiger partial charge >= 0.3 is 0 Å². The summed E-state index contributed by atoms with van der Waals surface area (Å²) in [7, 11) is 0. The minimum atomic E-state index is 0.602. The van der Waals surface area contributed by atoms with Crippen molar-refractivity contribution in [3.63, 3.8) is 0 Å². The molecule has 22 heavy (non-hydrogen) atoms. The lowest BCUT2D eigenvalue weighted by Crippen LogP contribution is -1.96. The maximum Gasteiger partial charge on any atom is 0.248 e. The van der Waals surface area contributed by atoms with Crippen molar-refractivity contribution < 1.29 is 3.85 Å². The van der Waals surface area contributed by atoms with Crippen LogP contribution in [0.1, 0.15) is 0 Å². The monoisotopic (exact) mass is 304 g/mol. The molecule has 0 saturated carbocycles. The van der Waals surface area contributed by atoms with E-state index in [4.69, 9.17) is 3.85 Å². The quantitative estimate of drug-likeness (QED) is 0.534. The van der Waals surface area contributed by atoms with Crippen molar-refractivity contribution >= 4 is 28.1 Å². The minimum Gasteiger partial charge on any atom is -0.377 e. The Balaban J connectivity index is 1.75. The molecule has 0 saturated heterocycles. The van der Waals surface area contributed by atoms with Crippen molar-refractivity contribution in [2.45, 2.75) is 0 Å². The van der Waals surface area contributed by atoms with Crippen molar-refractivity contribution in [2.24, 2.45) is 4.99 Å². The van der Waals surface area contributed by atoms with E-state index in [1.54, 1.807) is 0 Å². The predicted octanol–water partition coefficient (Wildman–Crippen LogP) is 4.79.